The van der Waals surface area contributed by atoms with Crippen molar-refractivity contribution in [2.45, 2.75) is 51.7 Å². The lowest BCUT2D eigenvalue weighted by molar-refractivity contribution is 0.0251. The number of carbonyl (C=O) groups is 2. The van der Waals surface area contributed by atoms with E-state index in [1.165, 1.54) is 18.6 Å². The highest BCUT2D eigenvalue weighted by atomic mass is 32.1. The summed E-state index contributed by atoms with van der Waals surface area (Å²) >= 11 is 0.796. The monoisotopic (exact) mass is 546 g/mol. The second kappa shape index (κ2) is 11.3. The van der Waals surface area contributed by atoms with Crippen LogP contribution in [0.25, 0.3) is 10.6 Å². The Kier molecular flexibility index (Phi) is 8.05. The molecule has 13 heteroatoms. The zero-order valence-electron chi connectivity index (χ0n) is 21.2. The fourth-order valence-corrected chi connectivity index (χ4v) is 4.71. The highest BCUT2D eigenvalue weighted by Gasteiger charge is 2.27. The van der Waals surface area contributed by atoms with Gasteiger partial charge in [-0.3, -0.25) is 4.79 Å². The van der Waals surface area contributed by atoms with Crippen LogP contribution in [0.3, 0.4) is 0 Å². The van der Waals surface area contributed by atoms with Crippen LogP contribution >= 0.6 is 11.3 Å². The molecular weight excluding hydrogens is 518 g/mol. The number of thiazole rings is 1. The molecule has 2 amide bonds. The first-order valence-electron chi connectivity index (χ1n) is 12.0. The van der Waals surface area contributed by atoms with Gasteiger partial charge in [0.25, 0.3) is 5.91 Å². The number of carbonyl (C=O) groups excluding carboxylic acids is 2. The standard InChI is InChI=1S/C25H28F2N6O4S/c1-25(2,3)37-24(35)33-10-5-6-14(9-11-33)36-22-17(12-29-13-30-22)31-21(34)19-20(28)38-23(32-19)18-15(26)7-4-8-16(18)27/h4,7-8,12-14H,5-6,9-11,28H2,1-3H3,(H,31,34). The van der Waals surface area contributed by atoms with Gasteiger partial charge in [-0.15, -0.1) is 0 Å². The van der Waals surface area contributed by atoms with Crippen LogP contribution in [0.4, 0.5) is 24.3 Å². The number of likely N-dealkylation sites (tertiary alicyclic amines) is 1. The number of amides is 2. The molecule has 1 atom stereocenters. The molecule has 3 heterocycles. The average Bonchev–Trinajstić information content (AvgIpc) is 3.05. The molecular formula is C25H28F2N6O4S. The Morgan fingerprint density at radius 2 is 1.92 bits per heavy atom. The van der Waals surface area contributed by atoms with Crippen LogP contribution in [0.15, 0.2) is 30.7 Å². The molecule has 0 aliphatic carbocycles. The number of aromatic nitrogens is 3. The van der Waals surface area contributed by atoms with Crippen molar-refractivity contribution in [3.05, 3.63) is 48.1 Å². The largest absolute Gasteiger partial charge is 0.473 e. The molecule has 3 N–H and O–H groups in total. The average molecular weight is 547 g/mol. The smallest absolute Gasteiger partial charge is 0.410 e. The molecule has 1 aliphatic rings. The van der Waals surface area contributed by atoms with Crippen LogP contribution in [-0.2, 0) is 4.74 Å². The van der Waals surface area contributed by atoms with Crippen LogP contribution in [0.2, 0.25) is 0 Å². The van der Waals surface area contributed by atoms with Crippen molar-refractivity contribution in [2.75, 3.05) is 24.1 Å². The predicted molar refractivity (Wildman–Crippen MR) is 138 cm³/mol. The molecule has 4 rings (SSSR count). The Morgan fingerprint density at radius 1 is 1.18 bits per heavy atom. The number of anilines is 2. The lowest BCUT2D eigenvalue weighted by atomic mass is 10.1. The number of nitrogens with zero attached hydrogens (tertiary/aromatic N) is 4. The number of nitrogens with one attached hydrogen (secondary N) is 1. The Balaban J connectivity index is 1.45. The zero-order chi connectivity index (χ0) is 27.4. The number of halogens is 2. The van der Waals surface area contributed by atoms with Gasteiger partial charge in [-0.05, 0) is 45.7 Å². The van der Waals surface area contributed by atoms with Gasteiger partial charge in [-0.1, -0.05) is 17.4 Å². The Labute approximate surface area is 222 Å². The van der Waals surface area contributed by atoms with Crippen molar-refractivity contribution < 1.29 is 27.8 Å². The highest BCUT2D eigenvalue weighted by Crippen LogP contribution is 2.34. The minimum absolute atomic E-state index is 0.00882. The Morgan fingerprint density at radius 3 is 2.63 bits per heavy atom. The number of nitrogen functional groups attached to an aromatic ring is 1. The van der Waals surface area contributed by atoms with Gasteiger partial charge in [0.05, 0.1) is 11.8 Å². The van der Waals surface area contributed by atoms with Crippen LogP contribution in [0.1, 0.15) is 50.5 Å². The normalized spacial score (nSPS) is 16.0. The molecule has 0 radical (unpaired) electrons. The molecule has 3 aromatic rings. The lowest BCUT2D eigenvalue weighted by Gasteiger charge is -2.26. The van der Waals surface area contributed by atoms with Gasteiger partial charge in [0.15, 0.2) is 5.69 Å². The molecule has 1 aliphatic heterocycles. The molecule has 0 saturated carbocycles. The van der Waals surface area contributed by atoms with E-state index >= 15 is 0 Å². The van der Waals surface area contributed by atoms with Crippen molar-refractivity contribution in [3.63, 3.8) is 0 Å². The summed E-state index contributed by atoms with van der Waals surface area (Å²) in [5.74, 6) is -2.20. The van der Waals surface area contributed by atoms with E-state index in [9.17, 15) is 18.4 Å². The molecule has 1 saturated heterocycles. The minimum Gasteiger partial charge on any atom is -0.473 e. The highest BCUT2D eigenvalue weighted by molar-refractivity contribution is 7.19. The quantitative estimate of drug-likeness (QED) is 0.463. The van der Waals surface area contributed by atoms with Gasteiger partial charge >= 0.3 is 6.09 Å². The third kappa shape index (κ3) is 6.52. The number of hydrogen-bond acceptors (Lipinski definition) is 9. The van der Waals surface area contributed by atoms with Crippen LogP contribution in [-0.4, -0.2) is 56.6 Å². The van der Waals surface area contributed by atoms with E-state index in [1.807, 2.05) is 20.8 Å². The Hall–Kier alpha value is -3.87. The number of rotatable bonds is 5. The second-order valence-corrected chi connectivity index (χ2v) is 10.7. The summed E-state index contributed by atoms with van der Waals surface area (Å²) in [5, 5.41) is 2.56. The second-order valence-electron chi connectivity index (χ2n) is 9.66. The van der Waals surface area contributed by atoms with Gasteiger partial charge in [-0.25, -0.2) is 23.5 Å². The van der Waals surface area contributed by atoms with E-state index in [-0.39, 0.29) is 45.0 Å². The Bertz CT molecular complexity index is 1310. The van der Waals surface area contributed by atoms with Crippen molar-refractivity contribution in [1.82, 2.24) is 19.9 Å². The molecule has 38 heavy (non-hydrogen) atoms. The zero-order valence-corrected chi connectivity index (χ0v) is 22.0. The van der Waals surface area contributed by atoms with Crippen LogP contribution in [0, 0.1) is 11.6 Å². The maximum absolute atomic E-state index is 14.2. The fourth-order valence-electron chi connectivity index (χ4n) is 3.83. The van der Waals surface area contributed by atoms with Gasteiger partial charge in [-0.2, -0.15) is 4.98 Å². The summed E-state index contributed by atoms with van der Waals surface area (Å²) < 4.78 is 39.9. The first-order valence-corrected chi connectivity index (χ1v) is 12.8. The van der Waals surface area contributed by atoms with E-state index in [0.717, 1.165) is 23.5 Å². The maximum atomic E-state index is 14.2. The van der Waals surface area contributed by atoms with Gasteiger partial charge < -0.3 is 25.4 Å². The molecule has 1 aromatic carbocycles. The fraction of sp³-hybridized carbons (Fsp3) is 0.400. The van der Waals surface area contributed by atoms with Crippen molar-refractivity contribution in [2.24, 2.45) is 0 Å². The number of ether oxygens (including phenoxy) is 2. The van der Waals surface area contributed by atoms with Crippen molar-refractivity contribution >= 4 is 34.0 Å². The summed E-state index contributed by atoms with van der Waals surface area (Å²) in [4.78, 5) is 39.2. The SMILES string of the molecule is CC(C)(C)OC(=O)N1CCCC(Oc2ncncc2NC(=O)c2nc(-c3c(F)cccc3F)sc2N)CC1. The van der Waals surface area contributed by atoms with Crippen molar-refractivity contribution in [3.8, 4) is 16.5 Å². The summed E-state index contributed by atoms with van der Waals surface area (Å²) in [6, 6.07) is 3.43. The van der Waals surface area contributed by atoms with E-state index in [4.69, 9.17) is 15.2 Å². The number of hydrogen-bond donors (Lipinski definition) is 2. The molecule has 0 bridgehead atoms. The van der Waals surface area contributed by atoms with Crippen LogP contribution in [0.5, 0.6) is 5.88 Å². The summed E-state index contributed by atoms with van der Waals surface area (Å²) in [7, 11) is 0. The van der Waals surface area contributed by atoms with Gasteiger partial charge in [0, 0.05) is 19.5 Å². The molecule has 0 spiro atoms. The summed E-state index contributed by atoms with van der Waals surface area (Å²) in [6.45, 7) is 6.43. The third-order valence-electron chi connectivity index (χ3n) is 5.57. The van der Waals surface area contributed by atoms with Crippen molar-refractivity contribution in [1.29, 1.82) is 0 Å². The molecule has 2 aromatic heterocycles. The topological polar surface area (TPSA) is 133 Å². The number of benzene rings is 1. The lowest BCUT2D eigenvalue weighted by Crippen LogP contribution is -2.37. The molecule has 202 valence electrons. The minimum atomic E-state index is -0.813. The van der Waals surface area contributed by atoms with E-state index in [2.05, 4.69) is 20.3 Å². The third-order valence-corrected chi connectivity index (χ3v) is 6.48. The van der Waals surface area contributed by atoms with E-state index in [1.54, 1.807) is 4.90 Å². The molecule has 1 unspecified atom stereocenters. The van der Waals surface area contributed by atoms with Gasteiger partial charge in [0.1, 0.15) is 45.4 Å². The van der Waals surface area contributed by atoms with Gasteiger partial charge in [0.2, 0.25) is 5.88 Å². The first kappa shape index (κ1) is 27.2. The molecule has 1 fully saturated rings. The van der Waals surface area contributed by atoms with E-state index < -0.39 is 23.1 Å². The first-order chi connectivity index (χ1) is 18.0. The summed E-state index contributed by atoms with van der Waals surface area (Å²) in [5.41, 5.74) is 5.00. The summed E-state index contributed by atoms with van der Waals surface area (Å²) in [6.07, 6.45) is 3.90. The van der Waals surface area contributed by atoms with Crippen LogP contribution < -0.4 is 15.8 Å². The van der Waals surface area contributed by atoms with E-state index in [0.29, 0.717) is 32.4 Å². The predicted octanol–water partition coefficient (Wildman–Crippen LogP) is 4.88. The number of nitrogens with two attached hydrogens (primary N) is 1. The maximum Gasteiger partial charge on any atom is 0.410 e. The molecule has 10 nitrogen and oxygen atoms in total.